The second-order valence-electron chi connectivity index (χ2n) is 7.32. The zero-order valence-electron chi connectivity index (χ0n) is 15.7. The third kappa shape index (κ3) is 3.92. The molecule has 140 valence electrons. The number of para-hydroxylation sites is 1. The molecule has 1 heterocycles. The van der Waals surface area contributed by atoms with Crippen molar-refractivity contribution in [3.63, 3.8) is 0 Å². The van der Waals surface area contributed by atoms with E-state index in [2.05, 4.69) is 15.5 Å². The highest BCUT2D eigenvalue weighted by Crippen LogP contribution is 2.24. The molecule has 0 saturated heterocycles. The molecule has 4 N–H and O–H groups in total. The number of anilines is 2. The summed E-state index contributed by atoms with van der Waals surface area (Å²) in [5.74, 6) is -0.805. The average molecular weight is 366 g/mol. The van der Waals surface area contributed by atoms with Crippen LogP contribution >= 0.6 is 0 Å². The van der Waals surface area contributed by atoms with Crippen molar-refractivity contribution in [1.29, 1.82) is 0 Å². The monoisotopic (exact) mass is 366 g/mol. The minimum absolute atomic E-state index is 0.209. The topological polar surface area (TPSA) is 110 Å². The Balaban J connectivity index is 1.85. The molecule has 27 heavy (non-hydrogen) atoms. The standard InChI is InChI=1S/C20H22N4O3/c1-11-6-5-7-14(16(11)21)18(25)22-12-8-9-13-15(10-12)23-24-17(13)19(26)27-20(2,3)4/h5-10H,21H2,1-4H3,(H,22,25)(H,23,24). The van der Waals surface area contributed by atoms with Crippen LogP contribution in [0.25, 0.3) is 10.9 Å². The third-order valence-electron chi connectivity index (χ3n) is 3.98. The first-order chi connectivity index (χ1) is 12.7. The fraction of sp³-hybridized carbons (Fsp3) is 0.250. The van der Waals surface area contributed by atoms with Gasteiger partial charge in [-0.15, -0.1) is 0 Å². The summed E-state index contributed by atoms with van der Waals surface area (Å²) < 4.78 is 5.36. The summed E-state index contributed by atoms with van der Waals surface area (Å²) in [6.07, 6.45) is 0. The molecular weight excluding hydrogens is 344 g/mol. The van der Waals surface area contributed by atoms with E-state index in [0.29, 0.717) is 27.8 Å². The van der Waals surface area contributed by atoms with Crippen molar-refractivity contribution in [3.05, 3.63) is 53.2 Å². The fourth-order valence-corrected chi connectivity index (χ4v) is 2.66. The number of hydrogen-bond acceptors (Lipinski definition) is 5. The van der Waals surface area contributed by atoms with Crippen molar-refractivity contribution in [3.8, 4) is 0 Å². The van der Waals surface area contributed by atoms with Crippen LogP contribution in [0.3, 0.4) is 0 Å². The zero-order chi connectivity index (χ0) is 19.8. The van der Waals surface area contributed by atoms with Gasteiger partial charge in [-0.05, 0) is 57.5 Å². The third-order valence-corrected chi connectivity index (χ3v) is 3.98. The second kappa shape index (κ2) is 6.75. The first kappa shape index (κ1) is 18.4. The van der Waals surface area contributed by atoms with Crippen molar-refractivity contribution >= 4 is 34.2 Å². The number of nitrogens with one attached hydrogen (secondary N) is 2. The summed E-state index contributed by atoms with van der Waals surface area (Å²) in [7, 11) is 0. The maximum absolute atomic E-state index is 12.5. The normalized spacial score (nSPS) is 11.4. The number of aryl methyl sites for hydroxylation is 1. The number of nitrogen functional groups attached to an aromatic ring is 1. The lowest BCUT2D eigenvalue weighted by atomic mass is 10.1. The molecule has 3 aromatic rings. The quantitative estimate of drug-likeness (QED) is 0.484. The number of fused-ring (bicyclic) bond motifs is 1. The summed E-state index contributed by atoms with van der Waals surface area (Å²) in [6.45, 7) is 7.24. The van der Waals surface area contributed by atoms with Crippen molar-refractivity contribution < 1.29 is 14.3 Å². The zero-order valence-corrected chi connectivity index (χ0v) is 15.7. The van der Waals surface area contributed by atoms with Gasteiger partial charge in [-0.2, -0.15) is 5.10 Å². The number of amides is 1. The van der Waals surface area contributed by atoms with E-state index in [4.69, 9.17) is 10.5 Å². The van der Waals surface area contributed by atoms with E-state index >= 15 is 0 Å². The molecule has 1 aromatic heterocycles. The van der Waals surface area contributed by atoms with Gasteiger partial charge < -0.3 is 15.8 Å². The average Bonchev–Trinajstić information content (AvgIpc) is 2.99. The Hall–Kier alpha value is -3.35. The minimum Gasteiger partial charge on any atom is -0.455 e. The van der Waals surface area contributed by atoms with Gasteiger partial charge in [-0.3, -0.25) is 9.89 Å². The molecule has 3 rings (SSSR count). The summed E-state index contributed by atoms with van der Waals surface area (Å²) in [6, 6.07) is 10.4. The predicted octanol–water partition coefficient (Wildman–Crippen LogP) is 3.66. The van der Waals surface area contributed by atoms with Gasteiger partial charge in [0, 0.05) is 16.8 Å². The molecule has 2 aromatic carbocycles. The van der Waals surface area contributed by atoms with E-state index < -0.39 is 11.6 Å². The van der Waals surface area contributed by atoms with E-state index in [1.165, 1.54) is 0 Å². The van der Waals surface area contributed by atoms with Gasteiger partial charge in [0.2, 0.25) is 0 Å². The first-order valence-corrected chi connectivity index (χ1v) is 8.53. The highest BCUT2D eigenvalue weighted by Gasteiger charge is 2.22. The largest absolute Gasteiger partial charge is 0.455 e. The van der Waals surface area contributed by atoms with Crippen molar-refractivity contribution in [1.82, 2.24) is 10.2 Å². The second-order valence-corrected chi connectivity index (χ2v) is 7.32. The van der Waals surface area contributed by atoms with Crippen LogP contribution in [0.5, 0.6) is 0 Å². The Morgan fingerprint density at radius 2 is 1.93 bits per heavy atom. The number of rotatable bonds is 3. The lowest BCUT2D eigenvalue weighted by molar-refractivity contribution is 0.00649. The Morgan fingerprint density at radius 3 is 2.63 bits per heavy atom. The van der Waals surface area contributed by atoms with Crippen LogP contribution in [0.1, 0.15) is 47.2 Å². The number of esters is 1. The summed E-state index contributed by atoms with van der Waals surface area (Å²) in [4.78, 5) is 24.8. The van der Waals surface area contributed by atoms with Crippen LogP contribution in [-0.4, -0.2) is 27.7 Å². The number of benzene rings is 2. The number of aromatic nitrogens is 2. The van der Waals surface area contributed by atoms with E-state index in [-0.39, 0.29) is 11.6 Å². The fourth-order valence-electron chi connectivity index (χ4n) is 2.66. The van der Waals surface area contributed by atoms with Gasteiger partial charge >= 0.3 is 5.97 Å². The number of hydrogen-bond donors (Lipinski definition) is 3. The van der Waals surface area contributed by atoms with Crippen molar-refractivity contribution in [2.24, 2.45) is 0 Å². The molecule has 1 amide bonds. The van der Waals surface area contributed by atoms with Crippen molar-refractivity contribution in [2.75, 3.05) is 11.1 Å². The molecule has 0 unspecified atom stereocenters. The van der Waals surface area contributed by atoms with E-state index in [0.717, 1.165) is 5.56 Å². The lowest BCUT2D eigenvalue weighted by Gasteiger charge is -2.18. The highest BCUT2D eigenvalue weighted by atomic mass is 16.6. The number of H-pyrrole nitrogens is 1. The summed E-state index contributed by atoms with van der Waals surface area (Å²) >= 11 is 0. The molecule has 0 fully saturated rings. The maximum atomic E-state index is 12.5. The molecule has 7 nitrogen and oxygen atoms in total. The summed E-state index contributed by atoms with van der Waals surface area (Å²) in [5, 5.41) is 10.3. The van der Waals surface area contributed by atoms with Crippen LogP contribution in [-0.2, 0) is 4.74 Å². The Labute approximate surface area is 156 Å². The van der Waals surface area contributed by atoms with Crippen LogP contribution in [0.15, 0.2) is 36.4 Å². The molecule has 0 saturated carbocycles. The number of carbonyl (C=O) groups excluding carboxylic acids is 2. The van der Waals surface area contributed by atoms with Gasteiger partial charge in [-0.25, -0.2) is 4.79 Å². The molecule has 0 atom stereocenters. The number of nitrogens with two attached hydrogens (primary N) is 1. The molecular formula is C20H22N4O3. The number of carbonyl (C=O) groups is 2. The number of ether oxygens (including phenoxy) is 1. The van der Waals surface area contributed by atoms with Crippen molar-refractivity contribution in [2.45, 2.75) is 33.3 Å². The minimum atomic E-state index is -0.607. The molecule has 0 aliphatic heterocycles. The van der Waals surface area contributed by atoms with Crippen LogP contribution < -0.4 is 11.1 Å². The molecule has 0 bridgehead atoms. The smallest absolute Gasteiger partial charge is 0.360 e. The molecule has 7 heteroatoms. The SMILES string of the molecule is Cc1cccc(C(=O)Nc2ccc3c(C(=O)OC(C)(C)C)n[nH]c3c2)c1N. The van der Waals surface area contributed by atoms with Gasteiger partial charge in [0.25, 0.3) is 5.91 Å². The summed E-state index contributed by atoms with van der Waals surface area (Å²) in [5.41, 5.74) is 8.47. The Morgan fingerprint density at radius 1 is 1.19 bits per heavy atom. The van der Waals surface area contributed by atoms with Gasteiger partial charge in [0.05, 0.1) is 11.1 Å². The number of nitrogens with zero attached hydrogens (tertiary/aromatic N) is 1. The first-order valence-electron chi connectivity index (χ1n) is 8.53. The molecule has 0 radical (unpaired) electrons. The Bertz CT molecular complexity index is 1030. The maximum Gasteiger partial charge on any atom is 0.360 e. The molecule has 0 aliphatic rings. The van der Waals surface area contributed by atoms with Crippen LogP contribution in [0, 0.1) is 6.92 Å². The van der Waals surface area contributed by atoms with E-state index in [9.17, 15) is 9.59 Å². The Kier molecular flexibility index (Phi) is 4.61. The lowest BCUT2D eigenvalue weighted by Crippen LogP contribution is -2.24. The molecule has 0 spiro atoms. The molecule has 0 aliphatic carbocycles. The van der Waals surface area contributed by atoms with Gasteiger partial charge in [0.15, 0.2) is 5.69 Å². The van der Waals surface area contributed by atoms with Gasteiger partial charge in [0.1, 0.15) is 5.60 Å². The van der Waals surface area contributed by atoms with E-state index in [1.54, 1.807) is 51.1 Å². The number of aromatic amines is 1. The predicted molar refractivity (Wildman–Crippen MR) is 105 cm³/mol. The van der Waals surface area contributed by atoms with Crippen LogP contribution in [0.2, 0.25) is 0 Å². The highest BCUT2D eigenvalue weighted by molar-refractivity contribution is 6.09. The van der Waals surface area contributed by atoms with Gasteiger partial charge in [-0.1, -0.05) is 12.1 Å². The van der Waals surface area contributed by atoms with Crippen LogP contribution in [0.4, 0.5) is 11.4 Å². The van der Waals surface area contributed by atoms with E-state index in [1.807, 2.05) is 13.0 Å².